The van der Waals surface area contributed by atoms with E-state index in [1.807, 2.05) is 38.1 Å². The summed E-state index contributed by atoms with van der Waals surface area (Å²) in [7, 11) is 0. The number of rotatable bonds is 9. The summed E-state index contributed by atoms with van der Waals surface area (Å²) in [5.74, 6) is -2.05. The van der Waals surface area contributed by atoms with E-state index in [9.17, 15) is 19.5 Å². The molecule has 1 saturated carbocycles. The van der Waals surface area contributed by atoms with Crippen molar-refractivity contribution in [1.29, 1.82) is 0 Å². The number of carboxylic acid groups (broad SMARTS) is 1. The van der Waals surface area contributed by atoms with Crippen LogP contribution in [0.3, 0.4) is 0 Å². The first-order chi connectivity index (χ1) is 15.9. The molecule has 2 amide bonds. The minimum atomic E-state index is -1.02. The standard InChI is InChI=1S/C26H30N2O5/c1-15(2)21(24(29)28-23(25(30)31)16-11-12-16)13-27-26(32)33-14-22-19-9-5-3-7-17(19)18-8-4-6-10-20(18)22/h3-10,15-16,21-23H,11-14H2,1-2H3,(H,27,32)(H,28,29)(H,30,31). The number of carboxylic acids is 1. The fraction of sp³-hybridized carbons (Fsp3) is 0.423. The van der Waals surface area contributed by atoms with Gasteiger partial charge in [-0.3, -0.25) is 4.79 Å². The van der Waals surface area contributed by atoms with Gasteiger partial charge in [-0.15, -0.1) is 0 Å². The average molecular weight is 451 g/mol. The first-order valence-corrected chi connectivity index (χ1v) is 11.5. The highest BCUT2D eigenvalue weighted by Gasteiger charge is 2.38. The van der Waals surface area contributed by atoms with E-state index in [-0.39, 0.29) is 36.8 Å². The molecule has 0 saturated heterocycles. The molecule has 0 radical (unpaired) electrons. The Kier molecular flexibility index (Phi) is 6.67. The van der Waals surface area contributed by atoms with Crippen molar-refractivity contribution in [2.75, 3.05) is 13.2 Å². The second-order valence-electron chi connectivity index (χ2n) is 9.22. The molecule has 2 aliphatic rings. The number of ether oxygens (including phenoxy) is 1. The zero-order chi connectivity index (χ0) is 23.5. The molecular formula is C26H30N2O5. The molecule has 0 heterocycles. The highest BCUT2D eigenvalue weighted by Crippen LogP contribution is 2.44. The largest absolute Gasteiger partial charge is 0.480 e. The van der Waals surface area contributed by atoms with E-state index < -0.39 is 24.0 Å². The van der Waals surface area contributed by atoms with E-state index in [2.05, 4.69) is 34.9 Å². The van der Waals surface area contributed by atoms with Gasteiger partial charge in [0.05, 0.1) is 5.92 Å². The molecule has 33 heavy (non-hydrogen) atoms. The van der Waals surface area contributed by atoms with E-state index in [1.165, 1.54) is 0 Å². The Balaban J connectivity index is 1.34. The van der Waals surface area contributed by atoms with Gasteiger partial charge in [0.2, 0.25) is 5.91 Å². The third kappa shape index (κ3) is 5.02. The molecule has 1 fully saturated rings. The predicted octanol–water partition coefficient (Wildman–Crippen LogP) is 3.78. The number of alkyl carbamates (subject to hydrolysis) is 1. The lowest BCUT2D eigenvalue weighted by atomic mass is 9.94. The molecular weight excluding hydrogens is 420 g/mol. The van der Waals surface area contributed by atoms with Crippen LogP contribution in [0.1, 0.15) is 43.7 Å². The van der Waals surface area contributed by atoms with Gasteiger partial charge in [-0.1, -0.05) is 62.4 Å². The van der Waals surface area contributed by atoms with Crippen molar-refractivity contribution < 1.29 is 24.2 Å². The fourth-order valence-corrected chi connectivity index (χ4v) is 4.54. The average Bonchev–Trinajstić information content (AvgIpc) is 3.58. The molecule has 7 heteroatoms. The first kappa shape index (κ1) is 22.8. The van der Waals surface area contributed by atoms with Crippen molar-refractivity contribution >= 4 is 18.0 Å². The number of amides is 2. The highest BCUT2D eigenvalue weighted by molar-refractivity contribution is 5.86. The van der Waals surface area contributed by atoms with Crippen molar-refractivity contribution in [2.45, 2.75) is 38.6 Å². The van der Waals surface area contributed by atoms with Crippen molar-refractivity contribution in [2.24, 2.45) is 17.8 Å². The quantitative estimate of drug-likeness (QED) is 0.539. The molecule has 0 aliphatic heterocycles. The second-order valence-corrected chi connectivity index (χ2v) is 9.22. The zero-order valence-corrected chi connectivity index (χ0v) is 18.9. The maximum atomic E-state index is 12.7. The number of hydrogen-bond acceptors (Lipinski definition) is 4. The smallest absolute Gasteiger partial charge is 0.407 e. The fourth-order valence-electron chi connectivity index (χ4n) is 4.54. The van der Waals surface area contributed by atoms with Gasteiger partial charge in [-0.2, -0.15) is 0 Å². The van der Waals surface area contributed by atoms with E-state index >= 15 is 0 Å². The molecule has 0 aromatic heterocycles. The maximum Gasteiger partial charge on any atom is 0.407 e. The molecule has 0 bridgehead atoms. The van der Waals surface area contributed by atoms with Crippen LogP contribution in [0.5, 0.6) is 0 Å². The summed E-state index contributed by atoms with van der Waals surface area (Å²) in [4.78, 5) is 36.6. The van der Waals surface area contributed by atoms with Crippen LogP contribution in [-0.4, -0.2) is 42.3 Å². The zero-order valence-electron chi connectivity index (χ0n) is 18.9. The van der Waals surface area contributed by atoms with Crippen molar-refractivity contribution in [3.63, 3.8) is 0 Å². The number of carbonyl (C=O) groups excluding carboxylic acids is 2. The molecule has 7 nitrogen and oxygen atoms in total. The van der Waals surface area contributed by atoms with Gasteiger partial charge < -0.3 is 20.5 Å². The SMILES string of the molecule is CC(C)C(CNC(=O)OCC1c2ccccc2-c2ccccc21)C(=O)NC(C(=O)O)C1CC1. The van der Waals surface area contributed by atoms with E-state index in [4.69, 9.17) is 4.74 Å². The maximum absolute atomic E-state index is 12.7. The Bertz CT molecular complexity index is 1000. The van der Waals surface area contributed by atoms with Gasteiger partial charge in [0.1, 0.15) is 12.6 Å². The summed E-state index contributed by atoms with van der Waals surface area (Å²) >= 11 is 0. The summed E-state index contributed by atoms with van der Waals surface area (Å²) in [6.45, 7) is 4.02. The van der Waals surface area contributed by atoms with Crippen LogP contribution in [0.25, 0.3) is 11.1 Å². The number of benzene rings is 2. The normalized spacial score (nSPS) is 16.5. The number of fused-ring (bicyclic) bond motifs is 3. The molecule has 2 atom stereocenters. The third-order valence-electron chi connectivity index (χ3n) is 6.61. The first-order valence-electron chi connectivity index (χ1n) is 11.5. The second kappa shape index (κ2) is 9.65. The summed E-state index contributed by atoms with van der Waals surface area (Å²) in [6.07, 6.45) is 1.02. The molecule has 3 N–H and O–H groups in total. The van der Waals surface area contributed by atoms with Gasteiger partial charge in [-0.25, -0.2) is 9.59 Å². The number of hydrogen-bond donors (Lipinski definition) is 3. The van der Waals surface area contributed by atoms with Crippen LogP contribution in [-0.2, 0) is 14.3 Å². The summed E-state index contributed by atoms with van der Waals surface area (Å²) < 4.78 is 5.54. The highest BCUT2D eigenvalue weighted by atomic mass is 16.5. The molecule has 174 valence electrons. The van der Waals surface area contributed by atoms with Crippen LogP contribution in [0.15, 0.2) is 48.5 Å². The minimum absolute atomic E-state index is 0.00523. The van der Waals surface area contributed by atoms with Crippen LogP contribution in [0, 0.1) is 17.8 Å². The molecule has 2 aromatic carbocycles. The van der Waals surface area contributed by atoms with Gasteiger partial charge in [0, 0.05) is 12.5 Å². The summed E-state index contributed by atoms with van der Waals surface area (Å²) in [5, 5.41) is 14.7. The van der Waals surface area contributed by atoms with Crippen molar-refractivity contribution in [1.82, 2.24) is 10.6 Å². The number of nitrogens with one attached hydrogen (secondary N) is 2. The molecule has 2 aliphatic carbocycles. The lowest BCUT2D eigenvalue weighted by Gasteiger charge is -2.23. The minimum Gasteiger partial charge on any atom is -0.480 e. The van der Waals surface area contributed by atoms with E-state index in [1.54, 1.807) is 0 Å². The molecule has 4 rings (SSSR count). The van der Waals surface area contributed by atoms with Gasteiger partial charge in [-0.05, 0) is 46.9 Å². The summed E-state index contributed by atoms with van der Waals surface area (Å²) in [5.41, 5.74) is 4.57. The Labute approximate surface area is 193 Å². The number of aliphatic carboxylic acids is 1. The van der Waals surface area contributed by atoms with Gasteiger partial charge >= 0.3 is 12.1 Å². The molecule has 2 unspecified atom stereocenters. The monoisotopic (exact) mass is 450 g/mol. The predicted molar refractivity (Wildman–Crippen MR) is 124 cm³/mol. The lowest BCUT2D eigenvalue weighted by molar-refractivity contribution is -0.143. The summed E-state index contributed by atoms with van der Waals surface area (Å²) in [6, 6.07) is 15.4. The topological polar surface area (TPSA) is 105 Å². The Morgan fingerprint density at radius 1 is 1.00 bits per heavy atom. The number of carbonyl (C=O) groups is 3. The Morgan fingerprint density at radius 2 is 1.58 bits per heavy atom. The molecule has 2 aromatic rings. The Hall–Kier alpha value is -3.35. The van der Waals surface area contributed by atoms with E-state index in [0.29, 0.717) is 0 Å². The molecule has 0 spiro atoms. The van der Waals surface area contributed by atoms with E-state index in [0.717, 1.165) is 35.1 Å². The van der Waals surface area contributed by atoms with Gasteiger partial charge in [0.15, 0.2) is 0 Å². The van der Waals surface area contributed by atoms with Crippen LogP contribution < -0.4 is 10.6 Å². The lowest BCUT2D eigenvalue weighted by Crippen LogP contribution is -2.48. The van der Waals surface area contributed by atoms with Crippen LogP contribution in [0.2, 0.25) is 0 Å². The van der Waals surface area contributed by atoms with Crippen LogP contribution in [0.4, 0.5) is 4.79 Å². The van der Waals surface area contributed by atoms with Gasteiger partial charge in [0.25, 0.3) is 0 Å². The Morgan fingerprint density at radius 3 is 2.09 bits per heavy atom. The van der Waals surface area contributed by atoms with Crippen molar-refractivity contribution in [3.8, 4) is 11.1 Å². The third-order valence-corrected chi connectivity index (χ3v) is 6.61. The van der Waals surface area contributed by atoms with Crippen molar-refractivity contribution in [3.05, 3.63) is 59.7 Å². The van der Waals surface area contributed by atoms with Crippen LogP contribution >= 0.6 is 0 Å².